The number of carbonyl (C=O) groups excluding carboxylic acids is 2. The van der Waals surface area contributed by atoms with Crippen molar-refractivity contribution in [1.29, 1.82) is 0 Å². The van der Waals surface area contributed by atoms with E-state index in [1.54, 1.807) is 31.2 Å². The second-order valence-corrected chi connectivity index (χ2v) is 11.1. The van der Waals surface area contributed by atoms with Gasteiger partial charge >= 0.3 is 0 Å². The molecule has 0 heterocycles. The number of halogens is 3. The summed E-state index contributed by atoms with van der Waals surface area (Å²) in [6.07, 6.45) is 2.70. The van der Waals surface area contributed by atoms with Crippen LogP contribution in [0.1, 0.15) is 32.3 Å². The van der Waals surface area contributed by atoms with Gasteiger partial charge in [-0.25, -0.2) is 8.42 Å². The first-order chi connectivity index (χ1) is 15.9. The van der Waals surface area contributed by atoms with E-state index in [0.29, 0.717) is 17.1 Å². The van der Waals surface area contributed by atoms with Crippen molar-refractivity contribution in [2.45, 2.75) is 39.3 Å². The summed E-state index contributed by atoms with van der Waals surface area (Å²) in [5.41, 5.74) is 0.849. The van der Waals surface area contributed by atoms with Crippen molar-refractivity contribution in [1.82, 2.24) is 10.2 Å². The van der Waals surface area contributed by atoms with Gasteiger partial charge in [-0.1, -0.05) is 60.3 Å². The van der Waals surface area contributed by atoms with E-state index in [0.717, 1.165) is 23.4 Å². The summed E-state index contributed by atoms with van der Waals surface area (Å²) in [6.45, 7) is 3.62. The maximum absolute atomic E-state index is 13.4. The Morgan fingerprint density at radius 3 is 2.24 bits per heavy atom. The highest BCUT2D eigenvalue weighted by Gasteiger charge is 2.30. The highest BCUT2D eigenvalue weighted by molar-refractivity contribution is 7.92. The molecule has 34 heavy (non-hydrogen) atoms. The van der Waals surface area contributed by atoms with Crippen LogP contribution in [0.3, 0.4) is 0 Å². The molecule has 2 rings (SSSR count). The molecule has 0 aliphatic rings. The number of nitrogens with zero attached hydrogens (tertiary/aromatic N) is 2. The molecular formula is C23H28Cl3N3O4S. The Kier molecular flexibility index (Phi) is 10.5. The molecule has 0 fully saturated rings. The number of rotatable bonds is 11. The second kappa shape index (κ2) is 12.6. The number of carbonyl (C=O) groups is 2. The van der Waals surface area contributed by atoms with Crippen LogP contribution in [0.4, 0.5) is 5.69 Å². The minimum absolute atomic E-state index is 0.0651. The molecule has 0 saturated heterocycles. The average molecular weight is 549 g/mol. The van der Waals surface area contributed by atoms with Crippen LogP contribution < -0.4 is 9.62 Å². The number of benzene rings is 2. The fourth-order valence-corrected chi connectivity index (χ4v) is 4.81. The van der Waals surface area contributed by atoms with Crippen LogP contribution in [-0.4, -0.2) is 50.5 Å². The summed E-state index contributed by atoms with van der Waals surface area (Å²) in [7, 11) is -3.88. The molecule has 7 nitrogen and oxygen atoms in total. The lowest BCUT2D eigenvalue weighted by Crippen LogP contribution is -2.51. The summed E-state index contributed by atoms with van der Waals surface area (Å²) in [5.74, 6) is -0.903. The van der Waals surface area contributed by atoms with Gasteiger partial charge in [-0.15, -0.1) is 0 Å². The lowest BCUT2D eigenvalue weighted by Gasteiger charge is -2.31. The van der Waals surface area contributed by atoms with Crippen molar-refractivity contribution in [3.8, 4) is 0 Å². The van der Waals surface area contributed by atoms with Crippen LogP contribution in [0, 0.1) is 0 Å². The van der Waals surface area contributed by atoms with Crippen LogP contribution in [0.2, 0.25) is 15.1 Å². The number of hydrogen-bond donors (Lipinski definition) is 1. The first-order valence-electron chi connectivity index (χ1n) is 10.7. The number of hydrogen-bond acceptors (Lipinski definition) is 4. The number of unbranched alkanes of at least 4 members (excludes halogenated alkanes) is 1. The molecule has 0 unspecified atom stereocenters. The molecule has 1 N–H and O–H groups in total. The molecule has 0 saturated carbocycles. The maximum Gasteiger partial charge on any atom is 0.244 e. The number of sulfonamides is 1. The zero-order valence-corrected chi connectivity index (χ0v) is 22.3. The SMILES string of the molecule is CCCCNC(=O)[C@@H](C)N(Cc1cccc(Cl)c1)C(=O)CN(c1cc(Cl)cc(Cl)c1)S(C)(=O)=O. The summed E-state index contributed by atoms with van der Waals surface area (Å²) in [4.78, 5) is 27.5. The van der Waals surface area contributed by atoms with Crippen LogP contribution in [0.5, 0.6) is 0 Å². The molecule has 11 heteroatoms. The fourth-order valence-electron chi connectivity index (χ4n) is 3.25. The minimum atomic E-state index is -3.88. The summed E-state index contributed by atoms with van der Waals surface area (Å²) in [6, 6.07) is 10.3. The molecule has 186 valence electrons. The summed E-state index contributed by atoms with van der Waals surface area (Å²) >= 11 is 18.2. The Hall–Kier alpha value is -2.00. The van der Waals surface area contributed by atoms with Crippen molar-refractivity contribution in [2.24, 2.45) is 0 Å². The van der Waals surface area contributed by atoms with Crippen molar-refractivity contribution < 1.29 is 18.0 Å². The van der Waals surface area contributed by atoms with Gasteiger partial charge in [-0.05, 0) is 49.2 Å². The van der Waals surface area contributed by atoms with E-state index in [1.807, 2.05) is 6.92 Å². The highest BCUT2D eigenvalue weighted by atomic mass is 35.5. The molecule has 1 atom stereocenters. The van der Waals surface area contributed by atoms with Gasteiger partial charge in [-0.2, -0.15) is 0 Å². The monoisotopic (exact) mass is 547 g/mol. The van der Waals surface area contributed by atoms with Crippen LogP contribution >= 0.6 is 34.8 Å². The molecular weight excluding hydrogens is 521 g/mol. The molecule has 2 amide bonds. The van der Waals surface area contributed by atoms with Crippen molar-refractivity contribution in [3.05, 3.63) is 63.1 Å². The van der Waals surface area contributed by atoms with Gasteiger partial charge in [0.15, 0.2) is 0 Å². The topological polar surface area (TPSA) is 86.8 Å². The van der Waals surface area contributed by atoms with E-state index >= 15 is 0 Å². The molecule has 2 aromatic rings. The van der Waals surface area contributed by atoms with Gasteiger partial charge < -0.3 is 10.2 Å². The van der Waals surface area contributed by atoms with E-state index in [9.17, 15) is 18.0 Å². The molecule has 0 radical (unpaired) electrons. The molecule has 0 aliphatic heterocycles. The Labute approximate surface area is 216 Å². The number of anilines is 1. The Balaban J connectivity index is 2.38. The Morgan fingerprint density at radius 2 is 1.68 bits per heavy atom. The third kappa shape index (κ3) is 8.34. The quantitative estimate of drug-likeness (QED) is 0.411. The van der Waals surface area contributed by atoms with Gasteiger partial charge in [0.2, 0.25) is 21.8 Å². The summed E-state index contributed by atoms with van der Waals surface area (Å²) in [5, 5.41) is 3.75. The number of amides is 2. The zero-order chi connectivity index (χ0) is 25.5. The van der Waals surface area contributed by atoms with Gasteiger partial charge in [0.25, 0.3) is 0 Å². The van der Waals surface area contributed by atoms with Gasteiger partial charge in [-0.3, -0.25) is 13.9 Å². The van der Waals surface area contributed by atoms with E-state index in [-0.39, 0.29) is 28.2 Å². The van der Waals surface area contributed by atoms with Crippen LogP contribution in [-0.2, 0) is 26.2 Å². The minimum Gasteiger partial charge on any atom is -0.354 e. The molecule has 2 aromatic carbocycles. The molecule has 0 aliphatic carbocycles. The van der Waals surface area contributed by atoms with Crippen molar-refractivity contribution in [3.63, 3.8) is 0 Å². The van der Waals surface area contributed by atoms with Crippen molar-refractivity contribution >= 4 is 62.3 Å². The number of nitrogens with one attached hydrogen (secondary N) is 1. The predicted octanol–water partition coefficient (Wildman–Crippen LogP) is 4.75. The normalized spacial score (nSPS) is 12.2. The zero-order valence-electron chi connectivity index (χ0n) is 19.2. The molecule has 0 aromatic heterocycles. The largest absolute Gasteiger partial charge is 0.354 e. The molecule has 0 spiro atoms. The summed E-state index contributed by atoms with van der Waals surface area (Å²) < 4.78 is 26.0. The van der Waals surface area contributed by atoms with Crippen LogP contribution in [0.15, 0.2) is 42.5 Å². The maximum atomic E-state index is 13.4. The van der Waals surface area contributed by atoms with Gasteiger partial charge in [0, 0.05) is 28.2 Å². The first-order valence-corrected chi connectivity index (χ1v) is 13.7. The van der Waals surface area contributed by atoms with E-state index in [1.165, 1.54) is 23.1 Å². The predicted molar refractivity (Wildman–Crippen MR) is 138 cm³/mol. The molecule has 0 bridgehead atoms. The lowest BCUT2D eigenvalue weighted by molar-refractivity contribution is -0.139. The smallest absolute Gasteiger partial charge is 0.244 e. The van der Waals surface area contributed by atoms with Crippen LogP contribution in [0.25, 0.3) is 0 Å². The fraction of sp³-hybridized carbons (Fsp3) is 0.391. The Morgan fingerprint density at radius 1 is 1.03 bits per heavy atom. The standard InChI is InChI=1S/C23H28Cl3N3O4S/c1-4-5-9-27-23(31)16(2)28(14-17-7-6-8-18(24)10-17)22(30)15-29(34(3,32)33)21-12-19(25)11-20(26)13-21/h6-8,10-13,16H,4-5,9,14-15H2,1-3H3,(H,27,31)/t16-/m1/s1. The third-order valence-corrected chi connectivity index (χ3v) is 6.87. The van der Waals surface area contributed by atoms with Crippen molar-refractivity contribution in [2.75, 3.05) is 23.7 Å². The third-order valence-electron chi connectivity index (χ3n) is 5.05. The van der Waals surface area contributed by atoms with E-state index in [2.05, 4.69) is 5.32 Å². The highest BCUT2D eigenvalue weighted by Crippen LogP contribution is 2.27. The average Bonchev–Trinajstić information content (AvgIpc) is 2.73. The lowest BCUT2D eigenvalue weighted by atomic mass is 10.1. The first kappa shape index (κ1) is 28.2. The van der Waals surface area contributed by atoms with Gasteiger partial charge in [0.05, 0.1) is 11.9 Å². The van der Waals surface area contributed by atoms with E-state index < -0.39 is 28.5 Å². The van der Waals surface area contributed by atoms with Gasteiger partial charge in [0.1, 0.15) is 12.6 Å². The Bertz CT molecular complexity index is 1110. The van der Waals surface area contributed by atoms with E-state index in [4.69, 9.17) is 34.8 Å². The second-order valence-electron chi connectivity index (χ2n) is 7.87.